The highest BCUT2D eigenvalue weighted by Crippen LogP contribution is 2.33. The molecular weight excluding hydrogens is 174 g/mol. The van der Waals surface area contributed by atoms with Crippen LogP contribution < -0.4 is 9.64 Å². The molecule has 1 fully saturated rings. The molecule has 0 heterocycles. The molecule has 14 heavy (non-hydrogen) atoms. The van der Waals surface area contributed by atoms with Gasteiger partial charge in [-0.1, -0.05) is 12.1 Å². The largest absolute Gasteiger partial charge is 0.495 e. The van der Waals surface area contributed by atoms with Gasteiger partial charge in [0, 0.05) is 13.1 Å². The summed E-state index contributed by atoms with van der Waals surface area (Å²) in [6.45, 7) is 0. The maximum atomic E-state index is 5.34. The normalized spacial score (nSPS) is 16.1. The Balaban J connectivity index is 2.20. The van der Waals surface area contributed by atoms with E-state index in [2.05, 4.69) is 24.1 Å². The zero-order chi connectivity index (χ0) is 9.97. The van der Waals surface area contributed by atoms with Gasteiger partial charge in [0.2, 0.25) is 0 Å². The van der Waals surface area contributed by atoms with Crippen LogP contribution in [0, 0.1) is 0 Å². The van der Waals surface area contributed by atoms with E-state index in [-0.39, 0.29) is 0 Å². The molecular formula is C12H17NO. The minimum Gasteiger partial charge on any atom is -0.495 e. The quantitative estimate of drug-likeness (QED) is 0.728. The molecule has 0 atom stereocenters. The molecule has 2 nitrogen and oxygen atoms in total. The highest BCUT2D eigenvalue weighted by Gasteiger charge is 2.23. The molecule has 0 unspecified atom stereocenters. The minimum atomic E-state index is 0.714. The monoisotopic (exact) mass is 191 g/mol. The molecule has 76 valence electrons. The zero-order valence-electron chi connectivity index (χ0n) is 8.86. The maximum Gasteiger partial charge on any atom is 0.142 e. The molecule has 2 heteroatoms. The van der Waals surface area contributed by atoms with Crippen LogP contribution in [0.2, 0.25) is 0 Å². The third-order valence-electron chi connectivity index (χ3n) is 3.09. The molecule has 0 aliphatic heterocycles. The standard InChI is InChI=1S/C12H17NO/c1-13(10-6-5-7-10)11-8-3-4-9-12(11)14-2/h3-4,8-10H,5-7H2,1-2H3. The Morgan fingerprint density at radius 1 is 1.29 bits per heavy atom. The predicted octanol–water partition coefficient (Wildman–Crippen LogP) is 2.68. The highest BCUT2D eigenvalue weighted by molar-refractivity contribution is 5.58. The summed E-state index contributed by atoms with van der Waals surface area (Å²) in [5.74, 6) is 0.974. The molecule has 0 bridgehead atoms. The summed E-state index contributed by atoms with van der Waals surface area (Å²) < 4.78 is 5.34. The van der Waals surface area contributed by atoms with Crippen LogP contribution in [-0.4, -0.2) is 20.2 Å². The molecule has 0 amide bonds. The van der Waals surface area contributed by atoms with Gasteiger partial charge in [0.25, 0.3) is 0 Å². The second-order valence-electron chi connectivity index (χ2n) is 3.87. The Hall–Kier alpha value is -1.18. The molecule has 1 aliphatic rings. The van der Waals surface area contributed by atoms with Crippen molar-refractivity contribution in [1.82, 2.24) is 0 Å². The van der Waals surface area contributed by atoms with Crippen LogP contribution >= 0.6 is 0 Å². The second kappa shape index (κ2) is 3.91. The molecule has 1 aliphatic carbocycles. The Kier molecular flexibility index (Phi) is 2.62. The predicted molar refractivity (Wildman–Crippen MR) is 59.0 cm³/mol. The van der Waals surface area contributed by atoms with E-state index in [9.17, 15) is 0 Å². The lowest BCUT2D eigenvalue weighted by Gasteiger charge is -2.36. The Bertz CT molecular complexity index is 307. The van der Waals surface area contributed by atoms with Gasteiger partial charge in [-0.05, 0) is 31.4 Å². The van der Waals surface area contributed by atoms with Gasteiger partial charge in [-0.2, -0.15) is 0 Å². The van der Waals surface area contributed by atoms with E-state index in [0.717, 1.165) is 5.75 Å². The van der Waals surface area contributed by atoms with Crippen molar-refractivity contribution in [3.63, 3.8) is 0 Å². The molecule has 0 aromatic heterocycles. The van der Waals surface area contributed by atoms with Crippen LogP contribution in [0.15, 0.2) is 24.3 Å². The Morgan fingerprint density at radius 2 is 2.00 bits per heavy atom. The van der Waals surface area contributed by atoms with Crippen LogP contribution in [-0.2, 0) is 0 Å². The lowest BCUT2D eigenvalue weighted by Crippen LogP contribution is -2.37. The van der Waals surface area contributed by atoms with Gasteiger partial charge in [-0.25, -0.2) is 0 Å². The van der Waals surface area contributed by atoms with Gasteiger partial charge in [-0.15, -0.1) is 0 Å². The van der Waals surface area contributed by atoms with Gasteiger partial charge in [-0.3, -0.25) is 0 Å². The van der Waals surface area contributed by atoms with Crippen LogP contribution in [0.3, 0.4) is 0 Å². The van der Waals surface area contributed by atoms with Crippen molar-refractivity contribution < 1.29 is 4.74 Å². The van der Waals surface area contributed by atoms with Crippen molar-refractivity contribution in [2.45, 2.75) is 25.3 Å². The number of para-hydroxylation sites is 2. The van der Waals surface area contributed by atoms with Gasteiger partial charge in [0.05, 0.1) is 12.8 Å². The fourth-order valence-corrected chi connectivity index (χ4v) is 1.89. The topological polar surface area (TPSA) is 12.5 Å². The lowest BCUT2D eigenvalue weighted by molar-refractivity contribution is 0.386. The summed E-state index contributed by atoms with van der Waals surface area (Å²) in [5.41, 5.74) is 1.21. The number of methoxy groups -OCH3 is 1. The first kappa shape index (κ1) is 9.38. The molecule has 1 aromatic rings. The number of nitrogens with zero attached hydrogens (tertiary/aromatic N) is 1. The number of anilines is 1. The number of rotatable bonds is 3. The highest BCUT2D eigenvalue weighted by atomic mass is 16.5. The van der Waals surface area contributed by atoms with Crippen molar-refractivity contribution in [3.05, 3.63) is 24.3 Å². The zero-order valence-corrected chi connectivity index (χ0v) is 8.86. The summed E-state index contributed by atoms with van der Waals surface area (Å²) in [7, 11) is 3.88. The van der Waals surface area contributed by atoms with E-state index in [0.29, 0.717) is 6.04 Å². The van der Waals surface area contributed by atoms with Crippen LogP contribution in [0.4, 0.5) is 5.69 Å². The average Bonchev–Trinajstić information content (AvgIpc) is 2.15. The maximum absolute atomic E-state index is 5.34. The summed E-state index contributed by atoms with van der Waals surface area (Å²) >= 11 is 0. The van der Waals surface area contributed by atoms with Crippen LogP contribution in [0.5, 0.6) is 5.75 Å². The molecule has 0 radical (unpaired) electrons. The van der Waals surface area contributed by atoms with Crippen molar-refractivity contribution in [2.24, 2.45) is 0 Å². The molecule has 1 aromatic carbocycles. The molecule has 0 N–H and O–H groups in total. The number of benzene rings is 1. The Morgan fingerprint density at radius 3 is 2.57 bits per heavy atom. The van der Waals surface area contributed by atoms with Gasteiger partial charge < -0.3 is 9.64 Å². The Labute approximate surface area is 85.5 Å². The summed E-state index contributed by atoms with van der Waals surface area (Å²) in [6, 6.07) is 8.93. The van der Waals surface area contributed by atoms with Crippen molar-refractivity contribution in [3.8, 4) is 5.75 Å². The van der Waals surface area contributed by atoms with E-state index in [1.54, 1.807) is 7.11 Å². The fraction of sp³-hybridized carbons (Fsp3) is 0.500. The first-order valence-corrected chi connectivity index (χ1v) is 5.19. The van der Waals surface area contributed by atoms with E-state index >= 15 is 0 Å². The number of hydrogen-bond donors (Lipinski definition) is 0. The van der Waals surface area contributed by atoms with Gasteiger partial charge >= 0.3 is 0 Å². The van der Waals surface area contributed by atoms with Crippen LogP contribution in [0.1, 0.15) is 19.3 Å². The molecule has 1 saturated carbocycles. The van der Waals surface area contributed by atoms with E-state index in [4.69, 9.17) is 4.74 Å². The molecule has 2 rings (SSSR count). The summed E-state index contributed by atoms with van der Waals surface area (Å²) in [5, 5.41) is 0. The average molecular weight is 191 g/mol. The first-order valence-electron chi connectivity index (χ1n) is 5.19. The van der Waals surface area contributed by atoms with Crippen molar-refractivity contribution >= 4 is 5.69 Å². The second-order valence-corrected chi connectivity index (χ2v) is 3.87. The summed E-state index contributed by atoms with van der Waals surface area (Å²) in [6.07, 6.45) is 3.99. The van der Waals surface area contributed by atoms with E-state index in [1.807, 2.05) is 12.1 Å². The lowest BCUT2D eigenvalue weighted by atomic mass is 9.91. The summed E-state index contributed by atoms with van der Waals surface area (Å²) in [4.78, 5) is 2.34. The smallest absolute Gasteiger partial charge is 0.142 e. The van der Waals surface area contributed by atoms with Gasteiger partial charge in [0.15, 0.2) is 0 Å². The minimum absolute atomic E-state index is 0.714. The SMILES string of the molecule is COc1ccccc1N(C)C1CCC1. The fourth-order valence-electron chi connectivity index (χ4n) is 1.89. The number of hydrogen-bond acceptors (Lipinski definition) is 2. The first-order chi connectivity index (χ1) is 6.83. The third-order valence-corrected chi connectivity index (χ3v) is 3.09. The molecule has 0 spiro atoms. The van der Waals surface area contributed by atoms with Gasteiger partial charge in [0.1, 0.15) is 5.75 Å². The van der Waals surface area contributed by atoms with E-state index in [1.165, 1.54) is 24.9 Å². The van der Waals surface area contributed by atoms with Crippen molar-refractivity contribution in [2.75, 3.05) is 19.1 Å². The van der Waals surface area contributed by atoms with E-state index < -0.39 is 0 Å². The van der Waals surface area contributed by atoms with Crippen molar-refractivity contribution in [1.29, 1.82) is 0 Å². The number of ether oxygens (including phenoxy) is 1. The third kappa shape index (κ3) is 1.57. The molecule has 0 saturated heterocycles. The van der Waals surface area contributed by atoms with Crippen LogP contribution in [0.25, 0.3) is 0 Å².